The lowest BCUT2D eigenvalue weighted by atomic mass is 10.1. The number of ketones is 1. The van der Waals surface area contributed by atoms with Gasteiger partial charge in [-0.1, -0.05) is 33.1 Å². The van der Waals surface area contributed by atoms with Gasteiger partial charge < -0.3 is 20.2 Å². The number of nitrogens with one attached hydrogen (secondary N) is 4. The van der Waals surface area contributed by atoms with Crippen molar-refractivity contribution in [3.63, 3.8) is 0 Å². The zero-order chi connectivity index (χ0) is 21.9. The van der Waals surface area contributed by atoms with Gasteiger partial charge in [0.2, 0.25) is 5.91 Å². The maximum absolute atomic E-state index is 12.2. The Balaban J connectivity index is 4.39. The number of unbranched alkanes of at least 4 members (excludes halogenated alkanes) is 4. The zero-order valence-electron chi connectivity index (χ0n) is 18.2. The van der Waals surface area contributed by atoms with Gasteiger partial charge in [-0.15, -0.1) is 0 Å². The molecule has 1 amide bonds. The first-order valence-corrected chi connectivity index (χ1v) is 10.5. The fourth-order valence-corrected chi connectivity index (χ4v) is 2.79. The maximum atomic E-state index is 12.2. The summed E-state index contributed by atoms with van der Waals surface area (Å²) < 4.78 is 0. The summed E-state index contributed by atoms with van der Waals surface area (Å²) in [5.74, 6) is -0.0480. The lowest BCUT2D eigenvalue weighted by Crippen LogP contribution is -2.58. The fraction of sp³-hybridized carbons (Fsp3) is 0.800. The highest BCUT2D eigenvalue weighted by Gasteiger charge is 2.20. The van der Waals surface area contributed by atoms with Crippen LogP contribution in [0.1, 0.15) is 58.8 Å². The van der Waals surface area contributed by atoms with Crippen molar-refractivity contribution < 1.29 is 19.2 Å². The number of hydrazine groups is 2. The summed E-state index contributed by atoms with van der Waals surface area (Å²) in [5.41, 5.74) is 5.78. The second-order valence-corrected chi connectivity index (χ2v) is 7.50. The van der Waals surface area contributed by atoms with E-state index < -0.39 is 6.04 Å². The number of carbonyl (C=O) groups excluding carboxylic acids is 4. The van der Waals surface area contributed by atoms with E-state index in [-0.39, 0.29) is 37.2 Å². The van der Waals surface area contributed by atoms with E-state index in [4.69, 9.17) is 0 Å². The Morgan fingerprint density at radius 3 is 2.24 bits per heavy atom. The monoisotopic (exact) mass is 413 g/mol. The average Bonchev–Trinajstić information content (AvgIpc) is 2.69. The lowest BCUT2D eigenvalue weighted by molar-refractivity contribution is -0.126. The van der Waals surface area contributed by atoms with Crippen LogP contribution >= 0.6 is 0 Å². The van der Waals surface area contributed by atoms with E-state index in [0.717, 1.165) is 44.9 Å². The van der Waals surface area contributed by atoms with Crippen molar-refractivity contribution in [2.75, 3.05) is 33.2 Å². The van der Waals surface area contributed by atoms with Crippen LogP contribution in [-0.2, 0) is 19.2 Å². The van der Waals surface area contributed by atoms with E-state index in [9.17, 15) is 19.2 Å². The van der Waals surface area contributed by atoms with E-state index in [2.05, 4.69) is 21.5 Å². The lowest BCUT2D eigenvalue weighted by Gasteiger charge is -2.29. The van der Waals surface area contributed by atoms with Crippen LogP contribution in [0.5, 0.6) is 0 Å². The Hall–Kier alpha value is -1.68. The summed E-state index contributed by atoms with van der Waals surface area (Å²) in [4.78, 5) is 45.7. The molecule has 168 valence electrons. The molecule has 1 atom stereocenters. The van der Waals surface area contributed by atoms with Gasteiger partial charge in [0, 0.05) is 6.42 Å². The third kappa shape index (κ3) is 15.9. The molecule has 0 heterocycles. The normalized spacial score (nSPS) is 12.2. The third-order valence-electron chi connectivity index (χ3n) is 4.32. The first-order chi connectivity index (χ1) is 13.9. The van der Waals surface area contributed by atoms with Crippen molar-refractivity contribution in [2.24, 2.45) is 5.92 Å². The Morgan fingerprint density at radius 1 is 0.966 bits per heavy atom. The minimum absolute atomic E-state index is 0.0617. The third-order valence-corrected chi connectivity index (χ3v) is 4.32. The Labute approximate surface area is 174 Å². The van der Waals surface area contributed by atoms with Gasteiger partial charge in [0.05, 0.1) is 25.7 Å². The molecule has 0 aliphatic heterocycles. The molecule has 9 heteroatoms. The van der Waals surface area contributed by atoms with Gasteiger partial charge in [0.15, 0.2) is 0 Å². The molecule has 9 nitrogen and oxygen atoms in total. The maximum Gasteiger partial charge on any atom is 0.235 e. The van der Waals surface area contributed by atoms with Gasteiger partial charge in [-0.25, -0.2) is 10.9 Å². The average molecular weight is 414 g/mol. The molecular formula is C20H39N5O4. The molecule has 0 aromatic heterocycles. The Morgan fingerprint density at radius 2 is 1.62 bits per heavy atom. The molecule has 0 aliphatic rings. The number of hydrogen-bond acceptors (Lipinski definition) is 8. The van der Waals surface area contributed by atoms with Gasteiger partial charge in [-0.2, -0.15) is 5.12 Å². The molecule has 0 aliphatic carbocycles. The Kier molecular flexibility index (Phi) is 17.3. The smallest absolute Gasteiger partial charge is 0.235 e. The van der Waals surface area contributed by atoms with E-state index in [1.165, 1.54) is 5.12 Å². The van der Waals surface area contributed by atoms with Crippen LogP contribution in [0.2, 0.25) is 0 Å². The van der Waals surface area contributed by atoms with Gasteiger partial charge in [0.25, 0.3) is 0 Å². The summed E-state index contributed by atoms with van der Waals surface area (Å²) in [6, 6.07) is -0.520. The number of rotatable bonds is 20. The summed E-state index contributed by atoms with van der Waals surface area (Å²) in [6.07, 6.45) is 7.75. The first kappa shape index (κ1) is 27.3. The second kappa shape index (κ2) is 18.4. The zero-order valence-corrected chi connectivity index (χ0v) is 18.2. The van der Waals surface area contributed by atoms with Crippen LogP contribution in [0.4, 0.5) is 0 Å². The summed E-state index contributed by atoms with van der Waals surface area (Å²) in [7, 11) is 1.94. The van der Waals surface area contributed by atoms with Gasteiger partial charge in [0.1, 0.15) is 18.4 Å². The molecule has 0 aromatic carbocycles. The molecule has 0 bridgehead atoms. The van der Waals surface area contributed by atoms with Gasteiger partial charge >= 0.3 is 0 Å². The first-order valence-electron chi connectivity index (χ1n) is 10.5. The number of amides is 1. The van der Waals surface area contributed by atoms with Crippen LogP contribution in [0.15, 0.2) is 0 Å². The van der Waals surface area contributed by atoms with Crippen molar-refractivity contribution >= 4 is 24.3 Å². The number of nitrogens with zero attached hydrogens (tertiary/aromatic N) is 1. The number of Topliss-reactive ketones (excluding diaryl/α,β-unsaturated/α-hetero) is 1. The molecule has 0 spiro atoms. The molecule has 0 aromatic rings. The summed E-state index contributed by atoms with van der Waals surface area (Å²) >= 11 is 0. The molecule has 0 unspecified atom stereocenters. The quantitative estimate of drug-likeness (QED) is 0.128. The largest absolute Gasteiger partial charge is 0.348 e. The van der Waals surface area contributed by atoms with Crippen LogP contribution in [0.25, 0.3) is 0 Å². The molecule has 0 saturated carbocycles. The summed E-state index contributed by atoms with van der Waals surface area (Å²) in [5, 5.41) is 6.97. The highest BCUT2D eigenvalue weighted by Crippen LogP contribution is 2.08. The minimum Gasteiger partial charge on any atom is -0.348 e. The molecule has 29 heavy (non-hydrogen) atoms. The van der Waals surface area contributed by atoms with Crippen LogP contribution in [0, 0.1) is 5.92 Å². The van der Waals surface area contributed by atoms with Crippen molar-refractivity contribution in [3.8, 4) is 0 Å². The SMILES string of the molecule is CNCCCCCCCC(=O)CNN(NCC(=O)NCC=O)[C@H](C=O)CC(C)C. The van der Waals surface area contributed by atoms with E-state index in [1.807, 2.05) is 20.9 Å². The van der Waals surface area contributed by atoms with Crippen LogP contribution < -0.4 is 21.5 Å². The molecule has 0 radical (unpaired) electrons. The van der Waals surface area contributed by atoms with Crippen molar-refractivity contribution in [2.45, 2.75) is 64.8 Å². The van der Waals surface area contributed by atoms with Crippen LogP contribution in [-0.4, -0.2) is 68.6 Å². The molecule has 0 rings (SSSR count). The van der Waals surface area contributed by atoms with E-state index in [1.54, 1.807) is 0 Å². The number of aldehydes is 2. The second-order valence-electron chi connectivity index (χ2n) is 7.50. The van der Waals surface area contributed by atoms with Gasteiger partial charge in [-0.05, 0) is 38.8 Å². The molecule has 0 fully saturated rings. The van der Waals surface area contributed by atoms with Crippen molar-refractivity contribution in [1.82, 2.24) is 26.6 Å². The van der Waals surface area contributed by atoms with Crippen LogP contribution in [0.3, 0.4) is 0 Å². The van der Waals surface area contributed by atoms with Crippen molar-refractivity contribution in [1.29, 1.82) is 0 Å². The highest BCUT2D eigenvalue weighted by molar-refractivity contribution is 5.80. The van der Waals surface area contributed by atoms with E-state index >= 15 is 0 Å². The van der Waals surface area contributed by atoms with E-state index in [0.29, 0.717) is 19.1 Å². The standard InChI is InChI=1S/C20H39N5O4/c1-17(2)13-18(16-27)25(24-15-20(29)22-11-12-26)23-14-19(28)9-7-5-4-6-8-10-21-3/h12,16-18,21,23-24H,4-11,13-15H2,1-3H3,(H,22,29)/t18-/m0/s1. The summed E-state index contributed by atoms with van der Waals surface area (Å²) in [6.45, 7) is 4.92. The highest BCUT2D eigenvalue weighted by atomic mass is 16.2. The molecule has 0 saturated heterocycles. The fourth-order valence-electron chi connectivity index (χ4n) is 2.79. The van der Waals surface area contributed by atoms with Crippen molar-refractivity contribution in [3.05, 3.63) is 0 Å². The number of carbonyl (C=O) groups is 4. The van der Waals surface area contributed by atoms with Gasteiger partial charge in [-0.3, -0.25) is 9.59 Å². The Bertz CT molecular complexity index is 474. The predicted octanol–water partition coefficient (Wildman–Crippen LogP) is 0.355. The topological polar surface area (TPSA) is 120 Å². The molecule has 4 N–H and O–H groups in total. The predicted molar refractivity (Wildman–Crippen MR) is 113 cm³/mol. The number of hydrogen-bond donors (Lipinski definition) is 4. The molecular weight excluding hydrogens is 374 g/mol. The minimum atomic E-state index is -0.520.